The van der Waals surface area contributed by atoms with Crippen molar-refractivity contribution < 1.29 is 9.66 Å². The third kappa shape index (κ3) is 2.80. The van der Waals surface area contributed by atoms with Gasteiger partial charge in [0.05, 0.1) is 18.1 Å². The van der Waals surface area contributed by atoms with Crippen LogP contribution >= 0.6 is 23.2 Å². The average molecular weight is 298 g/mol. The number of nitro benzene ring substituents is 1. The van der Waals surface area contributed by atoms with Gasteiger partial charge in [-0.15, -0.1) is 0 Å². The van der Waals surface area contributed by atoms with E-state index in [0.717, 1.165) is 0 Å². The van der Waals surface area contributed by atoms with Crippen LogP contribution < -0.4 is 4.74 Å². The molecule has 2 aromatic rings. The summed E-state index contributed by atoms with van der Waals surface area (Å²) in [6.07, 6.45) is 0. The number of halogens is 2. The normalized spacial score (nSPS) is 10.3. The molecule has 0 aliphatic carbocycles. The van der Waals surface area contributed by atoms with Gasteiger partial charge in [-0.05, 0) is 24.3 Å². The molecule has 0 unspecified atom stereocenters. The van der Waals surface area contributed by atoms with Crippen LogP contribution in [-0.4, -0.2) is 12.0 Å². The first-order valence-electron chi connectivity index (χ1n) is 5.31. The number of non-ortho nitro benzene ring substituents is 1. The summed E-state index contributed by atoms with van der Waals surface area (Å²) in [5, 5.41) is 11.8. The third-order valence-corrected chi connectivity index (χ3v) is 3.18. The van der Waals surface area contributed by atoms with E-state index in [1.807, 2.05) is 0 Å². The molecule has 0 saturated heterocycles. The Morgan fingerprint density at radius 3 is 2.47 bits per heavy atom. The topological polar surface area (TPSA) is 52.4 Å². The molecule has 0 N–H and O–H groups in total. The van der Waals surface area contributed by atoms with Crippen molar-refractivity contribution >= 4 is 28.9 Å². The highest BCUT2D eigenvalue weighted by molar-refractivity contribution is 6.35. The quantitative estimate of drug-likeness (QED) is 0.615. The second-order valence-electron chi connectivity index (χ2n) is 3.77. The lowest BCUT2D eigenvalue weighted by molar-refractivity contribution is -0.384. The van der Waals surface area contributed by atoms with Gasteiger partial charge in [0.1, 0.15) is 5.75 Å². The fraction of sp³-hybridized carbons (Fsp3) is 0.0769. The molecule has 0 heterocycles. The number of hydrogen-bond donors (Lipinski definition) is 0. The van der Waals surface area contributed by atoms with Crippen LogP contribution in [0.1, 0.15) is 0 Å². The molecule has 0 amide bonds. The molecule has 0 fully saturated rings. The fourth-order valence-electron chi connectivity index (χ4n) is 1.72. The Morgan fingerprint density at radius 1 is 1.11 bits per heavy atom. The van der Waals surface area contributed by atoms with Crippen molar-refractivity contribution in [3.8, 4) is 16.9 Å². The Kier molecular flexibility index (Phi) is 3.93. The maximum absolute atomic E-state index is 10.7. The highest BCUT2D eigenvalue weighted by Gasteiger charge is 2.14. The number of benzene rings is 2. The van der Waals surface area contributed by atoms with Gasteiger partial charge >= 0.3 is 0 Å². The van der Waals surface area contributed by atoms with Crippen molar-refractivity contribution in [1.29, 1.82) is 0 Å². The number of rotatable bonds is 3. The number of nitro groups is 1. The van der Waals surface area contributed by atoms with Crippen LogP contribution in [0.15, 0.2) is 36.4 Å². The lowest BCUT2D eigenvalue weighted by atomic mass is 10.0. The van der Waals surface area contributed by atoms with E-state index in [4.69, 9.17) is 27.9 Å². The molecule has 4 nitrogen and oxygen atoms in total. The SMILES string of the molecule is COc1cc([N+](=O)[O-])ccc1-c1cc(Cl)ccc1Cl. The Balaban J connectivity index is 2.62. The van der Waals surface area contributed by atoms with Crippen molar-refractivity contribution in [2.75, 3.05) is 7.11 Å². The molecular formula is C13H9Cl2NO3. The fourth-order valence-corrected chi connectivity index (χ4v) is 2.11. The van der Waals surface area contributed by atoms with Gasteiger partial charge in [0.25, 0.3) is 5.69 Å². The first kappa shape index (κ1) is 13.6. The van der Waals surface area contributed by atoms with E-state index in [2.05, 4.69) is 0 Å². The molecule has 0 aliphatic heterocycles. The van der Waals surface area contributed by atoms with Gasteiger partial charge in [-0.1, -0.05) is 23.2 Å². The summed E-state index contributed by atoms with van der Waals surface area (Å²) in [7, 11) is 1.45. The predicted molar refractivity (Wildman–Crippen MR) is 75.1 cm³/mol. The van der Waals surface area contributed by atoms with E-state index < -0.39 is 4.92 Å². The summed E-state index contributed by atoms with van der Waals surface area (Å²) >= 11 is 12.1. The van der Waals surface area contributed by atoms with Crippen LogP contribution in [0.4, 0.5) is 5.69 Å². The minimum absolute atomic E-state index is 0.0428. The largest absolute Gasteiger partial charge is 0.496 e. The Hall–Kier alpha value is -1.78. The molecule has 0 radical (unpaired) electrons. The molecule has 0 spiro atoms. The van der Waals surface area contributed by atoms with Gasteiger partial charge in [0.15, 0.2) is 0 Å². The van der Waals surface area contributed by atoms with E-state index in [1.165, 1.54) is 19.2 Å². The summed E-state index contributed by atoms with van der Waals surface area (Å²) in [5.41, 5.74) is 1.28. The Bertz CT molecular complexity index is 644. The average Bonchev–Trinajstić information content (AvgIpc) is 2.40. The lowest BCUT2D eigenvalue weighted by Gasteiger charge is -2.10. The number of methoxy groups -OCH3 is 1. The minimum atomic E-state index is -0.480. The number of nitrogens with zero attached hydrogens (tertiary/aromatic N) is 1. The van der Waals surface area contributed by atoms with Crippen LogP contribution in [0.25, 0.3) is 11.1 Å². The van der Waals surface area contributed by atoms with Crippen LogP contribution in [0, 0.1) is 10.1 Å². The highest BCUT2D eigenvalue weighted by Crippen LogP contribution is 2.38. The van der Waals surface area contributed by atoms with E-state index in [9.17, 15) is 10.1 Å². The van der Waals surface area contributed by atoms with Gasteiger partial charge in [0.2, 0.25) is 0 Å². The molecule has 6 heteroatoms. The molecule has 98 valence electrons. The summed E-state index contributed by atoms with van der Waals surface area (Å²) in [4.78, 5) is 10.3. The molecule has 0 saturated carbocycles. The van der Waals surface area contributed by atoms with E-state index in [-0.39, 0.29) is 5.69 Å². The standard InChI is InChI=1S/C13H9Cl2NO3/c1-19-13-7-9(16(17)18)3-4-10(13)11-6-8(14)2-5-12(11)15/h2-7H,1H3. The lowest BCUT2D eigenvalue weighted by Crippen LogP contribution is -1.93. The number of hydrogen-bond acceptors (Lipinski definition) is 3. The highest BCUT2D eigenvalue weighted by atomic mass is 35.5. The molecule has 2 rings (SSSR count). The zero-order chi connectivity index (χ0) is 14.0. The molecule has 2 aromatic carbocycles. The van der Waals surface area contributed by atoms with Crippen LogP contribution in [-0.2, 0) is 0 Å². The van der Waals surface area contributed by atoms with E-state index >= 15 is 0 Å². The minimum Gasteiger partial charge on any atom is -0.496 e. The van der Waals surface area contributed by atoms with E-state index in [0.29, 0.717) is 26.9 Å². The number of ether oxygens (including phenoxy) is 1. The first-order valence-corrected chi connectivity index (χ1v) is 6.06. The summed E-state index contributed by atoms with van der Waals surface area (Å²) in [6.45, 7) is 0. The monoisotopic (exact) mass is 297 g/mol. The van der Waals surface area contributed by atoms with Gasteiger partial charge in [-0.3, -0.25) is 10.1 Å². The molecule has 0 aromatic heterocycles. The first-order chi connectivity index (χ1) is 9.02. The van der Waals surface area contributed by atoms with Crippen molar-refractivity contribution in [1.82, 2.24) is 0 Å². The van der Waals surface area contributed by atoms with Gasteiger partial charge in [-0.2, -0.15) is 0 Å². The van der Waals surface area contributed by atoms with Crippen LogP contribution in [0.5, 0.6) is 5.75 Å². The van der Waals surface area contributed by atoms with Crippen LogP contribution in [0.3, 0.4) is 0 Å². The summed E-state index contributed by atoms with van der Waals surface area (Å²) in [5.74, 6) is 0.373. The zero-order valence-electron chi connectivity index (χ0n) is 9.89. The predicted octanol–water partition coefficient (Wildman–Crippen LogP) is 4.58. The van der Waals surface area contributed by atoms with Crippen molar-refractivity contribution in [2.45, 2.75) is 0 Å². The summed E-state index contributed by atoms with van der Waals surface area (Å²) < 4.78 is 5.18. The van der Waals surface area contributed by atoms with Crippen molar-refractivity contribution in [2.24, 2.45) is 0 Å². The summed E-state index contributed by atoms with van der Waals surface area (Å²) in [6, 6.07) is 9.37. The van der Waals surface area contributed by atoms with Crippen molar-refractivity contribution in [3.05, 3.63) is 56.6 Å². The molecular weight excluding hydrogens is 289 g/mol. The van der Waals surface area contributed by atoms with Crippen LogP contribution in [0.2, 0.25) is 10.0 Å². The Labute approximate surface area is 119 Å². The van der Waals surface area contributed by atoms with Gasteiger partial charge in [0, 0.05) is 27.2 Å². The molecule has 0 aliphatic rings. The smallest absolute Gasteiger partial charge is 0.273 e. The Morgan fingerprint density at radius 2 is 1.84 bits per heavy atom. The molecule has 19 heavy (non-hydrogen) atoms. The van der Waals surface area contributed by atoms with Gasteiger partial charge < -0.3 is 4.74 Å². The second-order valence-corrected chi connectivity index (χ2v) is 4.61. The third-order valence-electron chi connectivity index (χ3n) is 2.61. The zero-order valence-corrected chi connectivity index (χ0v) is 11.4. The second kappa shape index (κ2) is 5.47. The molecule has 0 atom stereocenters. The van der Waals surface area contributed by atoms with E-state index in [1.54, 1.807) is 24.3 Å². The van der Waals surface area contributed by atoms with Crippen molar-refractivity contribution in [3.63, 3.8) is 0 Å². The van der Waals surface area contributed by atoms with Gasteiger partial charge in [-0.25, -0.2) is 0 Å². The maximum atomic E-state index is 10.7. The molecule has 0 bridgehead atoms. The maximum Gasteiger partial charge on any atom is 0.273 e.